The second kappa shape index (κ2) is 2.58. The molecule has 0 fully saturated rings. The van der Waals surface area contributed by atoms with Crippen LogP contribution in [0.25, 0.3) is 0 Å². The highest BCUT2D eigenvalue weighted by Crippen LogP contribution is 2.23. The normalized spacial score (nSPS) is 33.1. The summed E-state index contributed by atoms with van der Waals surface area (Å²) < 4.78 is 0. The Hall–Kier alpha value is -0.210. The first-order valence-corrected chi connectivity index (χ1v) is 4.04. The second-order valence-corrected chi connectivity index (χ2v) is 3.08. The molecule has 49 valence electrons. The maximum atomic E-state index is 5.83. The molecule has 0 amide bonds. The monoisotopic (exact) mass is 140 g/mol. The molecule has 0 aliphatic heterocycles. The second-order valence-electron chi connectivity index (χ2n) is 1.97. The fourth-order valence-electron chi connectivity index (χ4n) is 0.668. The Morgan fingerprint density at radius 2 is 2.11 bits per heavy atom. The number of hydrogen-bond donors (Lipinski definition) is 1. The van der Waals surface area contributed by atoms with Crippen LogP contribution in [-0.4, -0.2) is 11.1 Å². The van der Waals surface area contributed by atoms with Gasteiger partial charge in [-0.15, -0.1) is 11.8 Å². The third-order valence-electron chi connectivity index (χ3n) is 1.29. The summed E-state index contributed by atoms with van der Waals surface area (Å²) in [7, 11) is 0. The van der Waals surface area contributed by atoms with Gasteiger partial charge in [-0.2, -0.15) is 0 Å². The van der Waals surface area contributed by atoms with Crippen molar-refractivity contribution in [2.75, 3.05) is 6.26 Å². The summed E-state index contributed by atoms with van der Waals surface area (Å²) in [4.78, 5) is -0.255. The average molecular weight is 140 g/mol. The Bertz CT molecular complexity index is 151. The van der Waals surface area contributed by atoms with Crippen molar-refractivity contribution >= 4 is 11.8 Å². The number of allylic oxidation sites excluding steroid dienone is 2. The lowest BCUT2D eigenvalue weighted by atomic mass is 10.1. The SMILES string of the molecule is CSC1(N)[CH]C=CC=C1. The molecule has 1 aliphatic carbocycles. The van der Waals surface area contributed by atoms with Gasteiger partial charge in [0.25, 0.3) is 0 Å². The molecule has 1 unspecified atom stereocenters. The van der Waals surface area contributed by atoms with Gasteiger partial charge in [-0.25, -0.2) is 0 Å². The zero-order chi connectivity index (χ0) is 6.74. The molecule has 1 nitrogen and oxygen atoms in total. The molecular formula is C7H10NS. The fraction of sp³-hybridized carbons (Fsp3) is 0.286. The predicted molar refractivity (Wildman–Crippen MR) is 43.0 cm³/mol. The van der Waals surface area contributed by atoms with Crippen LogP contribution in [0.2, 0.25) is 0 Å². The third kappa shape index (κ3) is 1.60. The first kappa shape index (κ1) is 6.90. The van der Waals surface area contributed by atoms with Crippen molar-refractivity contribution in [1.29, 1.82) is 0 Å². The lowest BCUT2D eigenvalue weighted by Gasteiger charge is -2.22. The summed E-state index contributed by atoms with van der Waals surface area (Å²) in [5.74, 6) is 0. The third-order valence-corrected chi connectivity index (χ3v) is 2.27. The van der Waals surface area contributed by atoms with Gasteiger partial charge in [0.2, 0.25) is 0 Å². The van der Waals surface area contributed by atoms with Gasteiger partial charge in [-0.1, -0.05) is 24.3 Å². The first-order chi connectivity index (χ1) is 4.27. The molecule has 0 heterocycles. The lowest BCUT2D eigenvalue weighted by molar-refractivity contribution is 0.891. The van der Waals surface area contributed by atoms with Crippen LogP contribution in [0.15, 0.2) is 24.3 Å². The van der Waals surface area contributed by atoms with E-state index in [2.05, 4.69) is 0 Å². The van der Waals surface area contributed by atoms with Gasteiger partial charge >= 0.3 is 0 Å². The van der Waals surface area contributed by atoms with Crippen LogP contribution in [0, 0.1) is 6.42 Å². The summed E-state index contributed by atoms with van der Waals surface area (Å²) in [6.45, 7) is 0. The van der Waals surface area contributed by atoms with Gasteiger partial charge in [0, 0.05) is 6.42 Å². The van der Waals surface area contributed by atoms with Gasteiger partial charge in [0.05, 0.1) is 4.87 Å². The molecule has 1 rings (SSSR count). The fourth-order valence-corrected chi connectivity index (χ4v) is 1.10. The van der Waals surface area contributed by atoms with Crippen LogP contribution in [0.3, 0.4) is 0 Å². The minimum Gasteiger partial charge on any atom is -0.313 e. The molecular weight excluding hydrogens is 130 g/mol. The van der Waals surface area contributed by atoms with Crippen LogP contribution in [0.5, 0.6) is 0 Å². The van der Waals surface area contributed by atoms with Crippen molar-refractivity contribution in [3.63, 3.8) is 0 Å². The Morgan fingerprint density at radius 1 is 1.33 bits per heavy atom. The Morgan fingerprint density at radius 3 is 2.44 bits per heavy atom. The molecule has 0 saturated carbocycles. The van der Waals surface area contributed by atoms with Crippen LogP contribution in [0.1, 0.15) is 0 Å². The highest BCUT2D eigenvalue weighted by Gasteiger charge is 2.18. The smallest absolute Gasteiger partial charge is 0.0877 e. The molecule has 1 atom stereocenters. The molecule has 1 aliphatic rings. The maximum absolute atomic E-state index is 5.83. The topological polar surface area (TPSA) is 26.0 Å². The van der Waals surface area contributed by atoms with Crippen LogP contribution in [0.4, 0.5) is 0 Å². The van der Waals surface area contributed by atoms with Crippen molar-refractivity contribution < 1.29 is 0 Å². The Balaban J connectivity index is 2.63. The van der Waals surface area contributed by atoms with Crippen LogP contribution >= 0.6 is 11.8 Å². The summed E-state index contributed by atoms with van der Waals surface area (Å²) in [6.07, 6.45) is 11.9. The number of thioether (sulfide) groups is 1. The quantitative estimate of drug-likeness (QED) is 0.556. The molecule has 0 aromatic heterocycles. The molecule has 0 bridgehead atoms. The zero-order valence-electron chi connectivity index (χ0n) is 5.37. The van der Waals surface area contributed by atoms with Crippen LogP contribution < -0.4 is 5.73 Å². The van der Waals surface area contributed by atoms with Gasteiger partial charge in [-0.05, 0) is 6.26 Å². The minimum absolute atomic E-state index is 0.255. The first-order valence-electron chi connectivity index (χ1n) is 2.81. The van der Waals surface area contributed by atoms with Crippen LogP contribution in [-0.2, 0) is 0 Å². The molecule has 0 saturated heterocycles. The number of nitrogens with two attached hydrogens (primary N) is 1. The van der Waals surface area contributed by atoms with Crippen molar-refractivity contribution in [3.8, 4) is 0 Å². The predicted octanol–water partition coefficient (Wildman–Crippen LogP) is 1.33. The van der Waals surface area contributed by atoms with Gasteiger partial charge < -0.3 is 5.73 Å². The average Bonchev–Trinajstić information content (AvgIpc) is 1.90. The molecule has 2 N–H and O–H groups in total. The standard InChI is InChI=1S/C7H10NS/c1-9-7(8)5-3-2-4-6-7/h2-6H,8H2,1H3. The zero-order valence-corrected chi connectivity index (χ0v) is 6.19. The molecule has 9 heavy (non-hydrogen) atoms. The molecule has 0 spiro atoms. The maximum Gasteiger partial charge on any atom is 0.0877 e. The van der Waals surface area contributed by atoms with Crippen molar-refractivity contribution in [3.05, 3.63) is 30.7 Å². The van der Waals surface area contributed by atoms with Gasteiger partial charge in [-0.3, -0.25) is 0 Å². The largest absolute Gasteiger partial charge is 0.313 e. The summed E-state index contributed by atoms with van der Waals surface area (Å²) in [6, 6.07) is 0. The van der Waals surface area contributed by atoms with Crippen molar-refractivity contribution in [2.24, 2.45) is 5.73 Å². The van der Waals surface area contributed by atoms with Gasteiger partial charge in [0.1, 0.15) is 0 Å². The summed E-state index contributed by atoms with van der Waals surface area (Å²) in [5.41, 5.74) is 5.83. The van der Waals surface area contributed by atoms with E-state index < -0.39 is 0 Å². The Labute approximate surface area is 60.0 Å². The summed E-state index contributed by atoms with van der Waals surface area (Å²) in [5, 5.41) is 0. The van der Waals surface area contributed by atoms with E-state index >= 15 is 0 Å². The lowest BCUT2D eigenvalue weighted by Crippen LogP contribution is -2.33. The highest BCUT2D eigenvalue weighted by molar-refractivity contribution is 8.00. The van der Waals surface area contributed by atoms with E-state index in [9.17, 15) is 0 Å². The number of hydrogen-bond acceptors (Lipinski definition) is 2. The van der Waals surface area contributed by atoms with Crippen molar-refractivity contribution in [1.82, 2.24) is 0 Å². The molecule has 0 aromatic rings. The van der Waals surface area contributed by atoms with E-state index in [0.29, 0.717) is 0 Å². The number of rotatable bonds is 1. The van der Waals surface area contributed by atoms with Crippen molar-refractivity contribution in [2.45, 2.75) is 4.87 Å². The van der Waals surface area contributed by atoms with E-state index in [0.717, 1.165) is 0 Å². The molecule has 0 aromatic carbocycles. The van der Waals surface area contributed by atoms with Gasteiger partial charge in [0.15, 0.2) is 0 Å². The van der Waals surface area contributed by atoms with E-state index in [1.807, 2.05) is 37.0 Å². The summed E-state index contributed by atoms with van der Waals surface area (Å²) >= 11 is 1.63. The van der Waals surface area contributed by atoms with E-state index in [1.165, 1.54) is 0 Å². The Kier molecular flexibility index (Phi) is 1.98. The minimum atomic E-state index is -0.255. The van der Waals surface area contributed by atoms with E-state index in [-0.39, 0.29) is 4.87 Å². The molecule has 2 heteroatoms. The molecule has 1 radical (unpaired) electrons. The highest BCUT2D eigenvalue weighted by atomic mass is 32.2. The van der Waals surface area contributed by atoms with E-state index in [4.69, 9.17) is 5.73 Å². The van der Waals surface area contributed by atoms with E-state index in [1.54, 1.807) is 11.8 Å².